The summed E-state index contributed by atoms with van der Waals surface area (Å²) in [5.74, 6) is 0. The van der Waals surface area contributed by atoms with Crippen molar-refractivity contribution < 1.29 is 9.84 Å². The van der Waals surface area contributed by atoms with Gasteiger partial charge in [0.05, 0.1) is 25.2 Å². The van der Waals surface area contributed by atoms with Gasteiger partial charge in [-0.05, 0) is 29.0 Å². The van der Waals surface area contributed by atoms with Gasteiger partial charge in [0.15, 0.2) is 0 Å². The van der Waals surface area contributed by atoms with Gasteiger partial charge >= 0.3 is 0 Å². The van der Waals surface area contributed by atoms with E-state index in [1.54, 1.807) is 0 Å². The molecule has 1 fully saturated rings. The maximum Gasteiger partial charge on any atom is 0.0594 e. The van der Waals surface area contributed by atoms with Crippen molar-refractivity contribution in [1.29, 1.82) is 0 Å². The Morgan fingerprint density at radius 3 is 2.42 bits per heavy atom. The smallest absolute Gasteiger partial charge is 0.0594 e. The molecular formula is C16H25NO2. The Labute approximate surface area is 115 Å². The third kappa shape index (κ3) is 2.55. The van der Waals surface area contributed by atoms with Crippen LogP contribution in [0.25, 0.3) is 0 Å². The maximum absolute atomic E-state index is 9.63. The van der Waals surface area contributed by atoms with Crippen LogP contribution in [0.4, 0.5) is 0 Å². The van der Waals surface area contributed by atoms with Crippen molar-refractivity contribution in [3.63, 3.8) is 0 Å². The molecule has 1 saturated heterocycles. The summed E-state index contributed by atoms with van der Waals surface area (Å²) in [5, 5.41) is 9.63. The Morgan fingerprint density at radius 1 is 1.37 bits per heavy atom. The molecule has 1 heterocycles. The summed E-state index contributed by atoms with van der Waals surface area (Å²) in [6.07, 6.45) is 0. The summed E-state index contributed by atoms with van der Waals surface area (Å²) in [4.78, 5) is 0. The van der Waals surface area contributed by atoms with E-state index in [-0.39, 0.29) is 23.5 Å². The van der Waals surface area contributed by atoms with Crippen LogP contribution < -0.4 is 5.73 Å². The zero-order valence-electron chi connectivity index (χ0n) is 12.4. The first-order chi connectivity index (χ1) is 8.80. The molecule has 3 heteroatoms. The van der Waals surface area contributed by atoms with Crippen LogP contribution in [0, 0.1) is 12.3 Å². The predicted octanol–water partition coefficient (Wildman–Crippen LogP) is 2.30. The SMILES string of the molecule is Cc1ccc(C(C)(C)C)cc1C(N)C1(CO)COC1. The van der Waals surface area contributed by atoms with Gasteiger partial charge in [-0.15, -0.1) is 0 Å². The summed E-state index contributed by atoms with van der Waals surface area (Å²) in [7, 11) is 0. The van der Waals surface area contributed by atoms with Crippen molar-refractivity contribution in [2.75, 3.05) is 19.8 Å². The van der Waals surface area contributed by atoms with E-state index in [1.807, 2.05) is 0 Å². The van der Waals surface area contributed by atoms with Gasteiger partial charge in [-0.3, -0.25) is 0 Å². The molecule has 19 heavy (non-hydrogen) atoms. The number of aliphatic hydroxyl groups excluding tert-OH is 1. The van der Waals surface area contributed by atoms with Crippen molar-refractivity contribution in [3.8, 4) is 0 Å². The highest BCUT2D eigenvalue weighted by atomic mass is 16.5. The zero-order valence-corrected chi connectivity index (χ0v) is 12.4. The Morgan fingerprint density at radius 2 is 2.00 bits per heavy atom. The van der Waals surface area contributed by atoms with Crippen LogP contribution in [-0.2, 0) is 10.2 Å². The summed E-state index contributed by atoms with van der Waals surface area (Å²) in [5.41, 5.74) is 9.80. The van der Waals surface area contributed by atoms with Crippen molar-refractivity contribution in [2.45, 2.75) is 39.2 Å². The molecule has 1 aliphatic rings. The molecule has 1 aromatic rings. The average molecular weight is 263 g/mol. The molecule has 1 unspecified atom stereocenters. The molecular weight excluding hydrogens is 238 g/mol. The molecule has 1 atom stereocenters. The summed E-state index contributed by atoms with van der Waals surface area (Å²) >= 11 is 0. The normalized spacial score (nSPS) is 19.9. The van der Waals surface area contributed by atoms with Crippen molar-refractivity contribution >= 4 is 0 Å². The van der Waals surface area contributed by atoms with Gasteiger partial charge in [0, 0.05) is 6.04 Å². The number of ether oxygens (including phenoxy) is 1. The molecule has 0 saturated carbocycles. The van der Waals surface area contributed by atoms with Crippen LogP contribution in [-0.4, -0.2) is 24.9 Å². The van der Waals surface area contributed by atoms with Gasteiger partial charge in [0.2, 0.25) is 0 Å². The van der Waals surface area contributed by atoms with E-state index in [1.165, 1.54) is 11.1 Å². The summed E-state index contributed by atoms with van der Waals surface area (Å²) in [6, 6.07) is 6.30. The standard InChI is InChI=1S/C16H25NO2/c1-11-5-6-12(15(2,3)4)7-13(11)14(17)16(8-18)9-19-10-16/h5-7,14,18H,8-10,17H2,1-4H3. The number of hydrogen-bond donors (Lipinski definition) is 2. The lowest BCUT2D eigenvalue weighted by atomic mass is 9.74. The molecule has 3 nitrogen and oxygen atoms in total. The van der Waals surface area contributed by atoms with E-state index in [4.69, 9.17) is 10.5 Å². The van der Waals surface area contributed by atoms with Crippen molar-refractivity contribution in [3.05, 3.63) is 34.9 Å². The van der Waals surface area contributed by atoms with E-state index >= 15 is 0 Å². The average Bonchev–Trinajstić information content (AvgIpc) is 2.27. The largest absolute Gasteiger partial charge is 0.396 e. The molecule has 1 aromatic carbocycles. The Balaban J connectivity index is 2.38. The molecule has 2 rings (SSSR count). The Kier molecular flexibility index (Phi) is 3.74. The Hall–Kier alpha value is -0.900. The Bertz CT molecular complexity index is 453. The minimum atomic E-state index is -0.304. The fourth-order valence-corrected chi connectivity index (χ4v) is 2.51. The zero-order chi connectivity index (χ0) is 14.3. The van der Waals surface area contributed by atoms with Gasteiger partial charge in [0.25, 0.3) is 0 Å². The number of aryl methyl sites for hydroxylation is 1. The minimum Gasteiger partial charge on any atom is -0.396 e. The van der Waals surface area contributed by atoms with Gasteiger partial charge in [-0.2, -0.15) is 0 Å². The molecule has 3 N–H and O–H groups in total. The number of nitrogens with two attached hydrogens (primary N) is 1. The molecule has 0 spiro atoms. The monoisotopic (exact) mass is 263 g/mol. The maximum atomic E-state index is 9.63. The van der Waals surface area contributed by atoms with Gasteiger partial charge in [-0.25, -0.2) is 0 Å². The highest BCUT2D eigenvalue weighted by Crippen LogP contribution is 2.40. The first kappa shape index (κ1) is 14.5. The topological polar surface area (TPSA) is 55.5 Å². The second-order valence-corrected chi connectivity index (χ2v) is 6.81. The quantitative estimate of drug-likeness (QED) is 0.880. The lowest BCUT2D eigenvalue weighted by Gasteiger charge is -2.45. The fraction of sp³-hybridized carbons (Fsp3) is 0.625. The first-order valence-electron chi connectivity index (χ1n) is 6.85. The van der Waals surface area contributed by atoms with Crippen molar-refractivity contribution in [2.24, 2.45) is 11.1 Å². The molecule has 106 valence electrons. The van der Waals surface area contributed by atoms with Gasteiger partial charge < -0.3 is 15.6 Å². The lowest BCUT2D eigenvalue weighted by molar-refractivity contribution is -0.150. The molecule has 1 aliphatic heterocycles. The number of rotatable bonds is 3. The van der Waals surface area contributed by atoms with Crippen LogP contribution in [0.3, 0.4) is 0 Å². The van der Waals surface area contributed by atoms with Gasteiger partial charge in [-0.1, -0.05) is 39.0 Å². The van der Waals surface area contributed by atoms with E-state index in [0.29, 0.717) is 13.2 Å². The van der Waals surface area contributed by atoms with Crippen LogP contribution in [0.1, 0.15) is 43.5 Å². The van der Waals surface area contributed by atoms with Gasteiger partial charge in [0.1, 0.15) is 0 Å². The molecule has 0 amide bonds. The summed E-state index contributed by atoms with van der Waals surface area (Å²) in [6.45, 7) is 9.83. The van der Waals surface area contributed by atoms with E-state index in [0.717, 1.165) is 5.56 Å². The first-order valence-corrected chi connectivity index (χ1v) is 6.85. The molecule has 0 radical (unpaired) electrons. The lowest BCUT2D eigenvalue weighted by Crippen LogP contribution is -2.53. The van der Waals surface area contributed by atoms with E-state index in [9.17, 15) is 5.11 Å². The van der Waals surface area contributed by atoms with Crippen molar-refractivity contribution in [1.82, 2.24) is 0 Å². The summed E-state index contributed by atoms with van der Waals surface area (Å²) < 4.78 is 5.27. The molecule has 0 bridgehead atoms. The van der Waals surface area contributed by atoms with E-state index < -0.39 is 0 Å². The number of aliphatic hydroxyl groups is 1. The third-order valence-electron chi connectivity index (χ3n) is 4.23. The van der Waals surface area contributed by atoms with E-state index in [2.05, 4.69) is 45.9 Å². The minimum absolute atomic E-state index is 0.0767. The second-order valence-electron chi connectivity index (χ2n) is 6.81. The van der Waals surface area contributed by atoms with Crippen LogP contribution in [0.2, 0.25) is 0 Å². The highest BCUT2D eigenvalue weighted by molar-refractivity contribution is 5.37. The molecule has 0 aromatic heterocycles. The van der Waals surface area contributed by atoms with Crippen LogP contribution in [0.5, 0.6) is 0 Å². The second kappa shape index (κ2) is 4.89. The van der Waals surface area contributed by atoms with Crippen LogP contribution in [0.15, 0.2) is 18.2 Å². The number of hydrogen-bond acceptors (Lipinski definition) is 3. The molecule has 0 aliphatic carbocycles. The predicted molar refractivity (Wildman–Crippen MR) is 77.1 cm³/mol. The third-order valence-corrected chi connectivity index (χ3v) is 4.23. The highest BCUT2D eigenvalue weighted by Gasteiger charge is 2.44. The van der Waals surface area contributed by atoms with Crippen LogP contribution >= 0.6 is 0 Å². The number of benzene rings is 1. The fourth-order valence-electron chi connectivity index (χ4n) is 2.51.